The van der Waals surface area contributed by atoms with Crippen LogP contribution in [0.1, 0.15) is 5.56 Å². The van der Waals surface area contributed by atoms with Gasteiger partial charge in [-0.15, -0.1) is 0 Å². The lowest BCUT2D eigenvalue weighted by molar-refractivity contribution is 0.627. The highest BCUT2D eigenvalue weighted by atomic mass is 35.5. The molecule has 0 aliphatic carbocycles. The van der Waals surface area contributed by atoms with Crippen LogP contribution >= 0.6 is 23.2 Å². The first-order valence-corrected chi connectivity index (χ1v) is 5.95. The van der Waals surface area contributed by atoms with E-state index in [1.54, 1.807) is 12.1 Å². The summed E-state index contributed by atoms with van der Waals surface area (Å²) in [7, 11) is 0. The van der Waals surface area contributed by atoms with Gasteiger partial charge in [0.05, 0.1) is 5.02 Å². The third-order valence-electron chi connectivity index (χ3n) is 2.42. The van der Waals surface area contributed by atoms with Gasteiger partial charge in [-0.2, -0.15) is 0 Å². The fraction of sp³-hybridized carbons (Fsp3) is 0.0769. The quantitative estimate of drug-likeness (QED) is 0.848. The maximum Gasteiger partial charge on any atom is 0.143 e. The lowest BCUT2D eigenvalue weighted by atomic mass is 10.2. The van der Waals surface area contributed by atoms with Crippen LogP contribution in [0.2, 0.25) is 10.0 Å². The van der Waals surface area contributed by atoms with Gasteiger partial charge in [0.15, 0.2) is 0 Å². The molecule has 0 fully saturated rings. The standard InChI is InChI=1S/C13H9Cl2F2N/c14-11-4-3-10(6-13(11)17)18-7-8-1-2-9(16)5-12(8)15/h1-6,18H,7H2. The summed E-state index contributed by atoms with van der Waals surface area (Å²) < 4.78 is 26.0. The molecule has 0 atom stereocenters. The number of hydrogen-bond donors (Lipinski definition) is 1. The molecule has 2 aromatic carbocycles. The molecular formula is C13H9Cl2F2N. The summed E-state index contributed by atoms with van der Waals surface area (Å²) in [5, 5.41) is 3.38. The van der Waals surface area contributed by atoms with Crippen molar-refractivity contribution in [3.8, 4) is 0 Å². The molecule has 2 aromatic rings. The van der Waals surface area contributed by atoms with Crippen LogP contribution in [0.4, 0.5) is 14.5 Å². The van der Waals surface area contributed by atoms with Gasteiger partial charge < -0.3 is 5.32 Å². The molecule has 1 N–H and O–H groups in total. The second-order valence-corrected chi connectivity index (χ2v) is 4.53. The molecule has 0 aromatic heterocycles. The van der Waals surface area contributed by atoms with Gasteiger partial charge in [-0.1, -0.05) is 29.3 Å². The van der Waals surface area contributed by atoms with Gasteiger partial charge in [0.2, 0.25) is 0 Å². The fourth-order valence-electron chi connectivity index (χ4n) is 1.47. The summed E-state index contributed by atoms with van der Waals surface area (Å²) in [4.78, 5) is 0. The largest absolute Gasteiger partial charge is 0.381 e. The molecule has 0 aliphatic heterocycles. The minimum Gasteiger partial charge on any atom is -0.381 e. The van der Waals surface area contributed by atoms with Gasteiger partial charge in [-0.25, -0.2) is 8.78 Å². The van der Waals surface area contributed by atoms with E-state index in [0.717, 1.165) is 5.56 Å². The SMILES string of the molecule is Fc1ccc(CNc2ccc(Cl)c(F)c2)c(Cl)c1. The smallest absolute Gasteiger partial charge is 0.143 e. The van der Waals surface area contributed by atoms with Gasteiger partial charge in [-0.05, 0) is 35.9 Å². The molecule has 5 heteroatoms. The van der Waals surface area contributed by atoms with E-state index < -0.39 is 5.82 Å². The zero-order chi connectivity index (χ0) is 13.1. The van der Waals surface area contributed by atoms with Gasteiger partial charge in [0.25, 0.3) is 0 Å². The molecule has 18 heavy (non-hydrogen) atoms. The van der Waals surface area contributed by atoms with Crippen LogP contribution in [0.3, 0.4) is 0 Å². The second-order valence-electron chi connectivity index (χ2n) is 3.72. The zero-order valence-corrected chi connectivity index (χ0v) is 10.7. The average molecular weight is 288 g/mol. The van der Waals surface area contributed by atoms with E-state index >= 15 is 0 Å². The van der Waals surface area contributed by atoms with E-state index in [4.69, 9.17) is 23.2 Å². The van der Waals surface area contributed by atoms with Crippen molar-refractivity contribution in [1.29, 1.82) is 0 Å². The molecule has 1 nitrogen and oxygen atoms in total. The molecule has 0 saturated heterocycles. The minimum absolute atomic E-state index is 0.0698. The highest BCUT2D eigenvalue weighted by Gasteiger charge is 2.04. The lowest BCUT2D eigenvalue weighted by Gasteiger charge is -2.08. The predicted molar refractivity (Wildman–Crippen MR) is 70.1 cm³/mol. The molecule has 0 unspecified atom stereocenters. The highest BCUT2D eigenvalue weighted by molar-refractivity contribution is 6.31. The number of anilines is 1. The van der Waals surface area contributed by atoms with Crippen molar-refractivity contribution in [2.24, 2.45) is 0 Å². The molecular weight excluding hydrogens is 279 g/mol. The first-order valence-electron chi connectivity index (χ1n) is 5.19. The van der Waals surface area contributed by atoms with E-state index in [1.165, 1.54) is 24.3 Å². The molecule has 0 bridgehead atoms. The lowest BCUT2D eigenvalue weighted by Crippen LogP contribution is -2.00. The molecule has 0 radical (unpaired) electrons. The average Bonchev–Trinajstić information content (AvgIpc) is 2.32. The van der Waals surface area contributed by atoms with Gasteiger partial charge in [0.1, 0.15) is 11.6 Å². The van der Waals surface area contributed by atoms with Gasteiger partial charge >= 0.3 is 0 Å². The van der Waals surface area contributed by atoms with Crippen LogP contribution in [0.15, 0.2) is 36.4 Å². The van der Waals surface area contributed by atoms with Crippen molar-refractivity contribution in [2.75, 3.05) is 5.32 Å². The minimum atomic E-state index is -0.494. The molecule has 0 amide bonds. The van der Waals surface area contributed by atoms with Crippen LogP contribution in [-0.2, 0) is 6.54 Å². The number of rotatable bonds is 3. The van der Waals surface area contributed by atoms with Gasteiger partial charge in [-0.3, -0.25) is 0 Å². The van der Waals surface area contributed by atoms with Crippen LogP contribution in [0, 0.1) is 11.6 Å². The van der Waals surface area contributed by atoms with Crippen molar-refractivity contribution < 1.29 is 8.78 Å². The number of hydrogen-bond acceptors (Lipinski definition) is 1. The Morgan fingerprint density at radius 3 is 2.39 bits per heavy atom. The van der Waals surface area contributed by atoms with E-state index in [0.29, 0.717) is 17.3 Å². The van der Waals surface area contributed by atoms with Crippen LogP contribution in [0.5, 0.6) is 0 Å². The van der Waals surface area contributed by atoms with Crippen molar-refractivity contribution >= 4 is 28.9 Å². The maximum atomic E-state index is 13.2. The van der Waals surface area contributed by atoms with Crippen molar-refractivity contribution in [3.63, 3.8) is 0 Å². The summed E-state index contributed by atoms with van der Waals surface area (Å²) in [5.74, 6) is -0.881. The topological polar surface area (TPSA) is 12.0 Å². The van der Waals surface area contributed by atoms with Crippen molar-refractivity contribution in [2.45, 2.75) is 6.54 Å². The Morgan fingerprint density at radius 2 is 1.72 bits per heavy atom. The molecule has 0 spiro atoms. The Hall–Kier alpha value is -1.32. The Morgan fingerprint density at radius 1 is 0.944 bits per heavy atom. The molecule has 0 aliphatic rings. The van der Waals surface area contributed by atoms with Crippen LogP contribution in [-0.4, -0.2) is 0 Å². The predicted octanol–water partition coefficient (Wildman–Crippen LogP) is 4.88. The third kappa shape index (κ3) is 3.12. The summed E-state index contributed by atoms with van der Waals surface area (Å²) in [6.45, 7) is 0.375. The first kappa shape index (κ1) is 13.1. The second kappa shape index (κ2) is 5.55. The maximum absolute atomic E-state index is 13.2. The molecule has 0 saturated carbocycles. The Balaban J connectivity index is 2.09. The van der Waals surface area contributed by atoms with E-state index in [1.807, 2.05) is 0 Å². The van der Waals surface area contributed by atoms with Gasteiger partial charge in [0, 0.05) is 17.3 Å². The van der Waals surface area contributed by atoms with Crippen molar-refractivity contribution in [3.05, 3.63) is 63.6 Å². The number of benzene rings is 2. The van der Waals surface area contributed by atoms with Crippen molar-refractivity contribution in [1.82, 2.24) is 0 Å². The van der Waals surface area contributed by atoms with Crippen LogP contribution < -0.4 is 5.32 Å². The highest BCUT2D eigenvalue weighted by Crippen LogP contribution is 2.21. The van der Waals surface area contributed by atoms with E-state index in [9.17, 15) is 8.78 Å². The summed E-state index contributed by atoms with van der Waals surface area (Å²) in [6.07, 6.45) is 0. The normalized spacial score (nSPS) is 10.4. The van der Waals surface area contributed by atoms with E-state index in [-0.39, 0.29) is 10.8 Å². The van der Waals surface area contributed by atoms with E-state index in [2.05, 4.69) is 5.32 Å². The third-order valence-corrected chi connectivity index (χ3v) is 3.08. The number of nitrogens with one attached hydrogen (secondary N) is 1. The van der Waals surface area contributed by atoms with Crippen LogP contribution in [0.25, 0.3) is 0 Å². The fourth-order valence-corrected chi connectivity index (χ4v) is 1.82. The molecule has 94 valence electrons. The molecule has 2 rings (SSSR count). The zero-order valence-electron chi connectivity index (χ0n) is 9.18. The summed E-state index contributed by atoms with van der Waals surface area (Å²) >= 11 is 11.5. The Kier molecular flexibility index (Phi) is 4.04. The number of halogens is 4. The Bertz CT molecular complexity index is 573. The summed E-state index contributed by atoms with van der Waals surface area (Å²) in [5.41, 5.74) is 1.31. The first-order chi connectivity index (χ1) is 8.56. The summed E-state index contributed by atoms with van der Waals surface area (Å²) in [6, 6.07) is 8.55. The monoisotopic (exact) mass is 287 g/mol. The Labute approximate surface area is 113 Å². The molecule has 0 heterocycles.